The van der Waals surface area contributed by atoms with Gasteiger partial charge in [0.15, 0.2) is 11.6 Å². The van der Waals surface area contributed by atoms with Gasteiger partial charge in [-0.1, -0.05) is 24.8 Å². The Bertz CT molecular complexity index is 1380. The van der Waals surface area contributed by atoms with Gasteiger partial charge in [0.25, 0.3) is 5.56 Å². The minimum atomic E-state index is -0.560. The molecular weight excluding hydrogens is 397 g/mol. The smallest absolute Gasteiger partial charge is 0.258 e. The van der Waals surface area contributed by atoms with E-state index in [-0.39, 0.29) is 17.2 Å². The largest absolute Gasteiger partial charge is 0.452 e. The standard InChI is InChI=1S/C24H18FN3O3/c1-3-23(29)27-15-8-9-21(31-22-13-26-11-10-20(22)25)18(12-15)19-14-28(2)24(30)17-7-5-4-6-16(17)19/h3-14H,1H2,2H3,(H,27,29). The van der Waals surface area contributed by atoms with E-state index in [9.17, 15) is 14.0 Å². The average Bonchev–Trinajstić information content (AvgIpc) is 2.78. The number of hydrogen-bond donors (Lipinski definition) is 1. The average molecular weight is 415 g/mol. The first kappa shape index (κ1) is 20.0. The van der Waals surface area contributed by atoms with E-state index in [1.807, 2.05) is 12.1 Å². The third-order valence-electron chi connectivity index (χ3n) is 4.77. The van der Waals surface area contributed by atoms with Crippen LogP contribution in [0.25, 0.3) is 21.9 Å². The number of hydrogen-bond acceptors (Lipinski definition) is 4. The highest BCUT2D eigenvalue weighted by Gasteiger charge is 2.16. The number of aromatic nitrogens is 2. The summed E-state index contributed by atoms with van der Waals surface area (Å²) in [5.74, 6) is -0.633. The van der Waals surface area contributed by atoms with Crippen molar-refractivity contribution in [1.82, 2.24) is 9.55 Å². The van der Waals surface area contributed by atoms with E-state index < -0.39 is 5.82 Å². The first-order chi connectivity index (χ1) is 15.0. The van der Waals surface area contributed by atoms with Gasteiger partial charge < -0.3 is 14.6 Å². The van der Waals surface area contributed by atoms with Crippen LogP contribution in [0.1, 0.15) is 0 Å². The van der Waals surface area contributed by atoms with Crippen LogP contribution >= 0.6 is 0 Å². The van der Waals surface area contributed by atoms with Crippen LogP contribution in [0.2, 0.25) is 0 Å². The molecule has 0 unspecified atom stereocenters. The van der Waals surface area contributed by atoms with E-state index in [4.69, 9.17) is 4.74 Å². The molecule has 4 aromatic rings. The lowest BCUT2D eigenvalue weighted by Crippen LogP contribution is -2.16. The fraction of sp³-hybridized carbons (Fsp3) is 0.0417. The molecule has 0 bridgehead atoms. The summed E-state index contributed by atoms with van der Waals surface area (Å²) in [5, 5.41) is 3.94. The number of carbonyl (C=O) groups excluding carboxylic acids is 1. The molecule has 6 nitrogen and oxygen atoms in total. The predicted octanol–water partition coefficient (Wildman–Crippen LogP) is 4.66. The van der Waals surface area contributed by atoms with Crippen molar-refractivity contribution in [2.75, 3.05) is 5.32 Å². The number of carbonyl (C=O) groups is 1. The first-order valence-corrected chi connectivity index (χ1v) is 9.41. The summed E-state index contributed by atoms with van der Waals surface area (Å²) in [6, 6.07) is 13.4. The topological polar surface area (TPSA) is 73.2 Å². The maximum absolute atomic E-state index is 14.2. The van der Waals surface area contributed by atoms with Gasteiger partial charge in [0.1, 0.15) is 5.75 Å². The molecule has 2 aromatic carbocycles. The van der Waals surface area contributed by atoms with Crippen molar-refractivity contribution < 1.29 is 13.9 Å². The third-order valence-corrected chi connectivity index (χ3v) is 4.77. The van der Waals surface area contributed by atoms with E-state index in [1.54, 1.807) is 43.6 Å². The number of nitrogens with zero attached hydrogens (tertiary/aromatic N) is 2. The molecule has 0 atom stereocenters. The molecule has 0 aliphatic rings. The summed E-state index contributed by atoms with van der Waals surface area (Å²) < 4.78 is 21.5. The molecule has 7 heteroatoms. The number of nitrogens with one attached hydrogen (secondary N) is 1. The van der Waals surface area contributed by atoms with Crippen molar-refractivity contribution in [2.45, 2.75) is 0 Å². The number of anilines is 1. The number of rotatable bonds is 5. The Hall–Kier alpha value is -4.26. The van der Waals surface area contributed by atoms with Crippen LogP contribution in [0.3, 0.4) is 0 Å². The molecule has 0 aliphatic heterocycles. The highest BCUT2D eigenvalue weighted by molar-refractivity contribution is 6.01. The lowest BCUT2D eigenvalue weighted by molar-refractivity contribution is -0.111. The first-order valence-electron chi connectivity index (χ1n) is 9.41. The second kappa shape index (κ2) is 8.23. The molecule has 2 heterocycles. The van der Waals surface area contributed by atoms with Gasteiger partial charge in [-0.3, -0.25) is 14.6 Å². The summed E-state index contributed by atoms with van der Waals surface area (Å²) in [6.45, 7) is 3.46. The second-order valence-corrected chi connectivity index (χ2v) is 6.82. The lowest BCUT2D eigenvalue weighted by atomic mass is 9.99. The maximum Gasteiger partial charge on any atom is 0.258 e. The van der Waals surface area contributed by atoms with Crippen molar-refractivity contribution in [3.63, 3.8) is 0 Å². The highest BCUT2D eigenvalue weighted by atomic mass is 19.1. The number of pyridine rings is 2. The summed E-state index contributed by atoms with van der Waals surface area (Å²) in [6.07, 6.45) is 5.46. The van der Waals surface area contributed by atoms with E-state index in [0.29, 0.717) is 33.3 Å². The summed E-state index contributed by atoms with van der Waals surface area (Å²) in [7, 11) is 1.66. The highest BCUT2D eigenvalue weighted by Crippen LogP contribution is 2.38. The molecule has 2 aromatic heterocycles. The number of ether oxygens (including phenoxy) is 1. The van der Waals surface area contributed by atoms with Crippen LogP contribution in [0.15, 0.2) is 84.6 Å². The van der Waals surface area contributed by atoms with E-state index in [2.05, 4.69) is 16.9 Å². The van der Waals surface area contributed by atoms with Crippen LogP contribution in [0.5, 0.6) is 11.5 Å². The molecule has 1 N–H and O–H groups in total. The normalized spacial score (nSPS) is 10.6. The SMILES string of the molecule is C=CC(=O)Nc1ccc(Oc2cnccc2F)c(-c2cn(C)c(=O)c3ccccc23)c1. The van der Waals surface area contributed by atoms with Crippen LogP contribution in [-0.2, 0) is 11.8 Å². The molecule has 0 fully saturated rings. The molecule has 0 radical (unpaired) electrons. The van der Waals surface area contributed by atoms with Crippen molar-refractivity contribution in [3.05, 3.63) is 95.9 Å². The number of amides is 1. The monoisotopic (exact) mass is 415 g/mol. The van der Waals surface area contributed by atoms with Gasteiger partial charge >= 0.3 is 0 Å². The van der Waals surface area contributed by atoms with E-state index >= 15 is 0 Å². The minimum Gasteiger partial charge on any atom is -0.452 e. The van der Waals surface area contributed by atoms with Gasteiger partial charge in [0, 0.05) is 41.6 Å². The van der Waals surface area contributed by atoms with Gasteiger partial charge in [0.2, 0.25) is 5.91 Å². The zero-order valence-corrected chi connectivity index (χ0v) is 16.6. The van der Waals surface area contributed by atoms with Crippen molar-refractivity contribution >= 4 is 22.4 Å². The zero-order chi connectivity index (χ0) is 22.0. The quantitative estimate of drug-likeness (QED) is 0.482. The zero-order valence-electron chi connectivity index (χ0n) is 16.6. The summed E-state index contributed by atoms with van der Waals surface area (Å²) in [5.41, 5.74) is 1.61. The molecule has 0 saturated carbocycles. The van der Waals surface area contributed by atoms with Gasteiger partial charge in [-0.25, -0.2) is 4.39 Å². The Morgan fingerprint density at radius 2 is 1.90 bits per heavy atom. The number of fused-ring (bicyclic) bond motifs is 1. The molecule has 0 saturated heterocycles. The van der Waals surface area contributed by atoms with Crippen molar-refractivity contribution in [3.8, 4) is 22.6 Å². The fourth-order valence-electron chi connectivity index (χ4n) is 3.29. The fourth-order valence-corrected chi connectivity index (χ4v) is 3.29. The Morgan fingerprint density at radius 3 is 2.65 bits per heavy atom. The number of benzene rings is 2. The van der Waals surface area contributed by atoms with E-state index in [0.717, 1.165) is 6.08 Å². The van der Waals surface area contributed by atoms with Gasteiger partial charge in [-0.2, -0.15) is 0 Å². The van der Waals surface area contributed by atoms with Gasteiger partial charge in [-0.05, 0) is 41.8 Å². The minimum absolute atomic E-state index is 0.0410. The molecule has 31 heavy (non-hydrogen) atoms. The molecule has 0 spiro atoms. The van der Waals surface area contributed by atoms with Crippen LogP contribution in [0, 0.1) is 5.82 Å². The number of halogens is 1. The Labute approximate surface area is 177 Å². The molecule has 154 valence electrons. The van der Waals surface area contributed by atoms with E-state index in [1.165, 1.54) is 23.0 Å². The van der Waals surface area contributed by atoms with Crippen molar-refractivity contribution in [1.29, 1.82) is 0 Å². The third kappa shape index (κ3) is 3.93. The van der Waals surface area contributed by atoms with Crippen LogP contribution in [-0.4, -0.2) is 15.5 Å². The van der Waals surface area contributed by atoms with Crippen LogP contribution < -0.4 is 15.6 Å². The Kier molecular flexibility index (Phi) is 5.32. The Morgan fingerprint density at radius 1 is 1.13 bits per heavy atom. The van der Waals surface area contributed by atoms with Gasteiger partial charge in [0.05, 0.1) is 6.20 Å². The summed E-state index contributed by atoms with van der Waals surface area (Å²) in [4.78, 5) is 28.3. The summed E-state index contributed by atoms with van der Waals surface area (Å²) >= 11 is 0. The second-order valence-electron chi connectivity index (χ2n) is 6.82. The van der Waals surface area contributed by atoms with Gasteiger partial charge in [-0.15, -0.1) is 0 Å². The molecule has 4 rings (SSSR count). The lowest BCUT2D eigenvalue weighted by Gasteiger charge is -2.16. The van der Waals surface area contributed by atoms with Crippen molar-refractivity contribution in [2.24, 2.45) is 7.05 Å². The Balaban J connectivity index is 1.95. The number of aryl methyl sites for hydroxylation is 1. The van der Waals surface area contributed by atoms with Crippen LogP contribution in [0.4, 0.5) is 10.1 Å². The maximum atomic E-state index is 14.2. The molecule has 1 amide bonds. The predicted molar refractivity (Wildman–Crippen MR) is 118 cm³/mol. The molecular formula is C24H18FN3O3. The molecule has 0 aliphatic carbocycles.